The van der Waals surface area contributed by atoms with Gasteiger partial charge in [0.1, 0.15) is 5.78 Å². The summed E-state index contributed by atoms with van der Waals surface area (Å²) < 4.78 is 0. The van der Waals surface area contributed by atoms with Crippen LogP contribution in [0.2, 0.25) is 0 Å². The number of carbonyl (C=O) groups is 2. The molecule has 4 saturated carbocycles. The van der Waals surface area contributed by atoms with E-state index < -0.39 is 24.3 Å². The van der Waals surface area contributed by atoms with Gasteiger partial charge in [0, 0.05) is 12.3 Å². The lowest BCUT2D eigenvalue weighted by Gasteiger charge is -2.65. The summed E-state index contributed by atoms with van der Waals surface area (Å²) >= 11 is 0. The number of carboxylic acid groups (broad SMARTS) is 1. The first-order valence-corrected chi connectivity index (χ1v) is 13.4. The fourth-order valence-corrected chi connectivity index (χ4v) is 9.57. The van der Waals surface area contributed by atoms with Crippen LogP contribution < -0.4 is 5.32 Å². The maximum absolute atomic E-state index is 13.3. The summed E-state index contributed by atoms with van der Waals surface area (Å²) in [5.74, 6) is -0.270. The van der Waals surface area contributed by atoms with E-state index in [1.807, 2.05) is 0 Å². The van der Waals surface area contributed by atoms with Gasteiger partial charge in [-0.3, -0.25) is 9.59 Å². The monoisotopic (exact) mass is 479 g/mol. The van der Waals surface area contributed by atoms with Crippen LogP contribution in [0.5, 0.6) is 0 Å². The lowest BCUT2D eigenvalue weighted by molar-refractivity contribution is -0.221. The number of ketones is 1. The van der Waals surface area contributed by atoms with Crippen molar-refractivity contribution in [1.29, 1.82) is 0 Å². The first-order chi connectivity index (χ1) is 16.0. The van der Waals surface area contributed by atoms with Crippen molar-refractivity contribution in [3.63, 3.8) is 0 Å². The second kappa shape index (κ2) is 9.45. The van der Waals surface area contributed by atoms with E-state index in [-0.39, 0.29) is 71.0 Å². The molecule has 4 aliphatic rings. The molecule has 4 aliphatic carbocycles. The summed E-state index contributed by atoms with van der Waals surface area (Å²) in [6.07, 6.45) is 3.24. The highest BCUT2D eigenvalue weighted by Gasteiger charge is 2.67. The molecule has 194 valence electrons. The van der Waals surface area contributed by atoms with Crippen molar-refractivity contribution in [2.75, 3.05) is 13.6 Å². The van der Waals surface area contributed by atoms with Crippen LogP contribution in [-0.4, -0.2) is 64.1 Å². The largest absolute Gasteiger partial charge is 0.481 e. The van der Waals surface area contributed by atoms with Gasteiger partial charge in [0.15, 0.2) is 0 Å². The molecule has 12 atom stereocenters. The molecular weight excluding hydrogens is 434 g/mol. The zero-order valence-corrected chi connectivity index (χ0v) is 21.2. The molecule has 0 heterocycles. The van der Waals surface area contributed by atoms with Crippen LogP contribution in [0.25, 0.3) is 0 Å². The van der Waals surface area contributed by atoms with Crippen molar-refractivity contribution in [1.82, 2.24) is 5.32 Å². The van der Waals surface area contributed by atoms with Crippen LogP contribution in [0.15, 0.2) is 0 Å². The average molecular weight is 480 g/mol. The van der Waals surface area contributed by atoms with E-state index in [0.29, 0.717) is 32.1 Å². The number of aliphatic carboxylic acids is 1. The summed E-state index contributed by atoms with van der Waals surface area (Å²) in [5.41, 5.74) is -0.714. The van der Waals surface area contributed by atoms with Crippen molar-refractivity contribution in [2.45, 2.75) is 90.4 Å². The van der Waals surface area contributed by atoms with Gasteiger partial charge < -0.3 is 25.7 Å². The summed E-state index contributed by atoms with van der Waals surface area (Å²) in [4.78, 5) is 24.4. The quantitative estimate of drug-likeness (QED) is 0.380. The van der Waals surface area contributed by atoms with E-state index in [2.05, 4.69) is 26.1 Å². The molecule has 34 heavy (non-hydrogen) atoms. The Balaban J connectivity index is 1.67. The van der Waals surface area contributed by atoms with Gasteiger partial charge in [-0.1, -0.05) is 20.8 Å². The maximum Gasteiger partial charge on any atom is 0.303 e. The molecule has 0 aromatic rings. The minimum absolute atomic E-state index is 0.0199. The van der Waals surface area contributed by atoms with Gasteiger partial charge in [0.05, 0.1) is 24.9 Å². The second-order valence-electron chi connectivity index (χ2n) is 12.5. The van der Waals surface area contributed by atoms with Gasteiger partial charge in [-0.25, -0.2) is 0 Å². The number of carbonyl (C=O) groups excluding carboxylic acids is 1. The maximum atomic E-state index is 13.3. The first kappa shape index (κ1) is 26.1. The van der Waals surface area contributed by atoms with Crippen LogP contribution in [0.1, 0.15) is 72.1 Å². The first-order valence-electron chi connectivity index (χ1n) is 13.4. The van der Waals surface area contributed by atoms with Crippen LogP contribution in [0.3, 0.4) is 0 Å². The van der Waals surface area contributed by atoms with Crippen molar-refractivity contribution in [3.05, 3.63) is 0 Å². The van der Waals surface area contributed by atoms with Crippen LogP contribution in [0, 0.1) is 52.3 Å². The Kier molecular flexibility index (Phi) is 7.24. The number of nitrogens with one attached hydrogen (secondary N) is 1. The van der Waals surface area contributed by atoms with Crippen molar-refractivity contribution in [3.8, 4) is 0 Å². The lowest BCUT2D eigenvalue weighted by Crippen LogP contribution is -2.65. The van der Waals surface area contributed by atoms with Gasteiger partial charge in [0.25, 0.3) is 0 Å². The molecule has 0 aromatic carbocycles. The van der Waals surface area contributed by atoms with Gasteiger partial charge in [-0.05, 0) is 98.3 Å². The Hall–Kier alpha value is -1.02. The van der Waals surface area contributed by atoms with Crippen molar-refractivity contribution < 1.29 is 30.0 Å². The number of hydrogen-bond donors (Lipinski definition) is 5. The van der Waals surface area contributed by atoms with Gasteiger partial charge >= 0.3 is 5.97 Å². The molecule has 0 amide bonds. The Morgan fingerprint density at radius 2 is 1.71 bits per heavy atom. The smallest absolute Gasteiger partial charge is 0.303 e. The Morgan fingerprint density at radius 1 is 1.00 bits per heavy atom. The van der Waals surface area contributed by atoms with E-state index in [0.717, 1.165) is 12.8 Å². The summed E-state index contributed by atoms with van der Waals surface area (Å²) in [6.45, 7) is 6.75. The third-order valence-electron chi connectivity index (χ3n) is 11.2. The van der Waals surface area contributed by atoms with Crippen LogP contribution >= 0.6 is 0 Å². The second-order valence-corrected chi connectivity index (χ2v) is 12.5. The third-order valence-corrected chi connectivity index (χ3v) is 11.2. The number of aliphatic hydroxyl groups is 3. The molecule has 0 bridgehead atoms. The Bertz CT molecular complexity index is 789. The van der Waals surface area contributed by atoms with E-state index in [1.54, 1.807) is 7.05 Å². The molecular formula is C27H45NO6. The van der Waals surface area contributed by atoms with Gasteiger partial charge in [-0.2, -0.15) is 0 Å². The normalized spacial score (nSPS) is 49.0. The van der Waals surface area contributed by atoms with E-state index >= 15 is 0 Å². The zero-order chi connectivity index (χ0) is 25.0. The molecule has 0 saturated heterocycles. The summed E-state index contributed by atoms with van der Waals surface area (Å²) in [7, 11) is 1.77. The number of aliphatic hydroxyl groups excluding tert-OH is 3. The third kappa shape index (κ3) is 3.95. The molecule has 0 aliphatic heterocycles. The molecule has 4 rings (SSSR count). The zero-order valence-electron chi connectivity index (χ0n) is 21.2. The van der Waals surface area contributed by atoms with Crippen molar-refractivity contribution in [2.24, 2.45) is 52.3 Å². The molecule has 4 fully saturated rings. The molecule has 7 nitrogen and oxygen atoms in total. The van der Waals surface area contributed by atoms with Crippen molar-refractivity contribution >= 4 is 11.8 Å². The fraction of sp³-hybridized carbons (Fsp3) is 0.926. The minimum Gasteiger partial charge on any atom is -0.481 e. The molecule has 0 radical (unpaired) electrons. The van der Waals surface area contributed by atoms with E-state index in [1.165, 1.54) is 0 Å². The molecule has 0 aromatic heterocycles. The minimum atomic E-state index is -0.783. The van der Waals surface area contributed by atoms with Gasteiger partial charge in [-0.15, -0.1) is 0 Å². The molecule has 7 heteroatoms. The van der Waals surface area contributed by atoms with E-state index in [9.17, 15) is 30.0 Å². The summed E-state index contributed by atoms with van der Waals surface area (Å²) in [6, 6.07) is 0. The molecule has 5 unspecified atom stereocenters. The highest BCUT2D eigenvalue weighted by atomic mass is 16.4. The predicted molar refractivity (Wildman–Crippen MR) is 128 cm³/mol. The topological polar surface area (TPSA) is 127 Å². The average Bonchev–Trinajstić information content (AvgIpc) is 3.12. The SMILES string of the molecule is CNCC(=O)C1C[C@@H](O)C[C@H]2CC(O)C3C(C[C@H](O)[C@@]4(C)C3CC[C@@H]4[C@H](C)CCC(=O)O)[C@@]12C. The fourth-order valence-electron chi connectivity index (χ4n) is 9.57. The Labute approximate surface area is 203 Å². The van der Waals surface area contributed by atoms with E-state index in [4.69, 9.17) is 0 Å². The number of Topliss-reactive ketones (excluding diaryl/α,β-unsaturated/α-hetero) is 1. The highest BCUT2D eigenvalue weighted by molar-refractivity contribution is 5.84. The number of carboxylic acids is 1. The lowest BCUT2D eigenvalue weighted by atomic mass is 9.40. The predicted octanol–water partition coefficient (Wildman–Crippen LogP) is 2.46. The highest BCUT2D eigenvalue weighted by Crippen LogP contribution is 2.69. The summed E-state index contributed by atoms with van der Waals surface area (Å²) in [5, 5.41) is 46.0. The number of fused-ring (bicyclic) bond motifs is 5. The number of hydrogen-bond acceptors (Lipinski definition) is 6. The Morgan fingerprint density at radius 3 is 2.35 bits per heavy atom. The molecule has 0 spiro atoms. The van der Waals surface area contributed by atoms with Crippen LogP contribution in [0.4, 0.5) is 0 Å². The molecule has 5 N–H and O–H groups in total. The van der Waals surface area contributed by atoms with Crippen LogP contribution in [-0.2, 0) is 9.59 Å². The number of likely N-dealkylation sites (N-methyl/N-ethyl adjacent to an activating group) is 1. The standard InChI is InChI=1S/C27H45NO6/c1-14(5-8-24(33)34)17-6-7-18-25-20(12-23(32)27(17,18)3)26(2)15(10-21(25)30)9-16(29)11-19(26)22(31)13-28-4/h14-21,23,25,28-30,32H,5-13H2,1-4H3,(H,33,34)/t14-,15+,16+,17-,18?,19?,20?,21?,23+,25?,26-,27-/m1/s1. The van der Waals surface area contributed by atoms with Gasteiger partial charge in [0.2, 0.25) is 0 Å². The number of rotatable bonds is 7.